The minimum Gasteiger partial charge on any atom is -0.447 e. The Bertz CT molecular complexity index is 815. The Kier molecular flexibility index (Phi) is 3.65. The lowest BCUT2D eigenvalue weighted by Gasteiger charge is -2.35. The molecule has 2 amide bonds. The smallest absolute Gasteiger partial charge is 0.275 e. The molecule has 2 aliphatic heterocycles. The largest absolute Gasteiger partial charge is 0.447 e. The number of thiophene rings is 1. The molecule has 2 aromatic heterocycles. The zero-order chi connectivity index (χ0) is 17.0. The number of halogens is 1. The Balaban J connectivity index is 1.58. The first-order valence-electron chi connectivity index (χ1n) is 7.67. The standard InChI is InChI=1S/C16H16ClN3O3S/c1-19(2)16(22)13-14(23-7-18-13)12-8-3-10(12)20(5-8)15(21)11-4-9(17)6-24-11/h4,6-8,10,12H,3,5H2,1-2H3. The lowest BCUT2D eigenvalue weighted by Crippen LogP contribution is -2.40. The summed E-state index contributed by atoms with van der Waals surface area (Å²) in [7, 11) is 3.37. The molecule has 3 atom stereocenters. The van der Waals surface area contributed by atoms with E-state index in [2.05, 4.69) is 4.98 Å². The van der Waals surface area contributed by atoms with Crippen molar-refractivity contribution in [3.05, 3.63) is 39.2 Å². The van der Waals surface area contributed by atoms with Crippen molar-refractivity contribution < 1.29 is 14.0 Å². The number of hydrogen-bond donors (Lipinski definition) is 0. The number of amides is 2. The fourth-order valence-corrected chi connectivity index (χ4v) is 4.70. The van der Waals surface area contributed by atoms with Gasteiger partial charge >= 0.3 is 0 Å². The Morgan fingerprint density at radius 3 is 2.92 bits per heavy atom. The molecule has 3 fully saturated rings. The van der Waals surface area contributed by atoms with Crippen molar-refractivity contribution >= 4 is 34.8 Å². The highest BCUT2D eigenvalue weighted by molar-refractivity contribution is 7.12. The van der Waals surface area contributed by atoms with Gasteiger partial charge in [0.15, 0.2) is 12.1 Å². The fourth-order valence-electron chi connectivity index (χ4n) is 3.67. The zero-order valence-electron chi connectivity index (χ0n) is 13.2. The summed E-state index contributed by atoms with van der Waals surface area (Å²) in [5.74, 6) is 0.797. The minimum absolute atomic E-state index is 0.00176. The highest BCUT2D eigenvalue weighted by atomic mass is 35.5. The molecular formula is C16H16ClN3O3S. The molecule has 126 valence electrons. The van der Waals surface area contributed by atoms with Crippen molar-refractivity contribution in [1.29, 1.82) is 0 Å². The average Bonchev–Trinajstić information content (AvgIpc) is 3.28. The third-order valence-corrected chi connectivity index (χ3v) is 6.11. The van der Waals surface area contributed by atoms with E-state index >= 15 is 0 Å². The van der Waals surface area contributed by atoms with Crippen LogP contribution < -0.4 is 0 Å². The second kappa shape index (κ2) is 5.60. The van der Waals surface area contributed by atoms with Gasteiger partial charge in [-0.1, -0.05) is 11.6 Å². The maximum atomic E-state index is 12.7. The lowest BCUT2D eigenvalue weighted by atomic mass is 9.72. The first-order chi connectivity index (χ1) is 11.5. The molecule has 6 nitrogen and oxygen atoms in total. The summed E-state index contributed by atoms with van der Waals surface area (Å²) >= 11 is 7.28. The normalized spacial score (nSPS) is 24.8. The van der Waals surface area contributed by atoms with Crippen LogP contribution in [-0.4, -0.2) is 53.3 Å². The van der Waals surface area contributed by atoms with E-state index in [1.165, 1.54) is 22.6 Å². The summed E-state index contributed by atoms with van der Waals surface area (Å²) in [6, 6.07) is 1.76. The predicted molar refractivity (Wildman–Crippen MR) is 89.5 cm³/mol. The van der Waals surface area contributed by atoms with Gasteiger partial charge in [-0.2, -0.15) is 0 Å². The first kappa shape index (κ1) is 15.7. The van der Waals surface area contributed by atoms with E-state index in [9.17, 15) is 9.59 Å². The van der Waals surface area contributed by atoms with E-state index in [1.54, 1.807) is 25.5 Å². The molecule has 0 N–H and O–H groups in total. The molecule has 3 aliphatic rings. The molecule has 0 spiro atoms. The monoisotopic (exact) mass is 365 g/mol. The topological polar surface area (TPSA) is 66.7 Å². The highest BCUT2D eigenvalue weighted by Gasteiger charge is 2.56. The second-order valence-electron chi connectivity index (χ2n) is 6.44. The number of aromatic nitrogens is 1. The lowest BCUT2D eigenvalue weighted by molar-refractivity contribution is 0.0733. The van der Waals surface area contributed by atoms with Crippen molar-refractivity contribution in [3.8, 4) is 0 Å². The molecule has 24 heavy (non-hydrogen) atoms. The van der Waals surface area contributed by atoms with Crippen LogP contribution in [0.15, 0.2) is 22.3 Å². The van der Waals surface area contributed by atoms with Crippen LogP contribution in [0.5, 0.6) is 0 Å². The van der Waals surface area contributed by atoms with E-state index < -0.39 is 0 Å². The van der Waals surface area contributed by atoms with Crippen LogP contribution in [0.1, 0.15) is 38.3 Å². The molecule has 0 aromatic carbocycles. The summed E-state index contributed by atoms with van der Waals surface area (Å²) in [6.07, 6.45) is 2.25. The van der Waals surface area contributed by atoms with E-state index in [0.29, 0.717) is 33.8 Å². The van der Waals surface area contributed by atoms with Crippen LogP contribution in [-0.2, 0) is 0 Å². The van der Waals surface area contributed by atoms with Gasteiger partial charge in [0.2, 0.25) is 0 Å². The Morgan fingerprint density at radius 2 is 2.25 bits per heavy atom. The molecule has 3 unspecified atom stereocenters. The second-order valence-corrected chi connectivity index (χ2v) is 7.79. The van der Waals surface area contributed by atoms with Crippen molar-refractivity contribution in [2.24, 2.45) is 5.92 Å². The van der Waals surface area contributed by atoms with Gasteiger partial charge < -0.3 is 14.2 Å². The summed E-state index contributed by atoms with van der Waals surface area (Å²) in [5, 5.41) is 2.34. The van der Waals surface area contributed by atoms with Gasteiger partial charge in [-0.25, -0.2) is 4.98 Å². The van der Waals surface area contributed by atoms with Crippen molar-refractivity contribution in [2.75, 3.05) is 20.6 Å². The quantitative estimate of drug-likeness (QED) is 0.838. The zero-order valence-corrected chi connectivity index (χ0v) is 14.8. The van der Waals surface area contributed by atoms with Gasteiger partial charge in [0.25, 0.3) is 11.8 Å². The Hall–Kier alpha value is -1.86. The summed E-state index contributed by atoms with van der Waals surface area (Å²) < 4.78 is 5.54. The Labute approximate surface area is 148 Å². The van der Waals surface area contributed by atoms with Gasteiger partial charge in [-0.15, -0.1) is 11.3 Å². The number of nitrogens with zero attached hydrogens (tertiary/aromatic N) is 3. The number of carbonyl (C=O) groups is 2. The minimum atomic E-state index is -0.173. The van der Waals surface area contributed by atoms with Gasteiger partial charge in [-0.05, 0) is 18.4 Å². The summed E-state index contributed by atoms with van der Waals surface area (Å²) in [4.78, 5) is 33.1. The van der Waals surface area contributed by atoms with E-state index in [4.69, 9.17) is 16.0 Å². The maximum absolute atomic E-state index is 12.7. The first-order valence-corrected chi connectivity index (χ1v) is 8.93. The third-order valence-electron chi connectivity index (χ3n) is 4.84. The van der Waals surface area contributed by atoms with Gasteiger partial charge in [0, 0.05) is 38.0 Å². The number of hydrogen-bond acceptors (Lipinski definition) is 5. The molecule has 4 heterocycles. The summed E-state index contributed by atoms with van der Waals surface area (Å²) in [5.41, 5.74) is 0.355. The molecule has 0 radical (unpaired) electrons. The van der Waals surface area contributed by atoms with Gasteiger partial charge in [-0.3, -0.25) is 9.59 Å². The number of carbonyl (C=O) groups excluding carboxylic acids is 2. The molecule has 1 saturated carbocycles. The predicted octanol–water partition coefficient (Wildman–Crippen LogP) is 2.72. The number of oxazole rings is 1. The van der Waals surface area contributed by atoms with Crippen LogP contribution in [0.4, 0.5) is 0 Å². The van der Waals surface area contributed by atoms with Crippen LogP contribution in [0.25, 0.3) is 0 Å². The number of fused-ring (bicyclic) bond motifs is 1. The van der Waals surface area contributed by atoms with Crippen molar-refractivity contribution in [3.63, 3.8) is 0 Å². The van der Waals surface area contributed by atoms with Gasteiger partial charge in [0.05, 0.1) is 9.90 Å². The van der Waals surface area contributed by atoms with E-state index in [1.807, 2.05) is 4.90 Å². The van der Waals surface area contributed by atoms with Crippen molar-refractivity contribution in [2.45, 2.75) is 18.4 Å². The SMILES string of the molecule is CN(C)C(=O)c1ncoc1C1C2CC1N(C(=O)c1cc(Cl)cs1)C2. The molecule has 2 saturated heterocycles. The highest BCUT2D eigenvalue weighted by Crippen LogP contribution is 2.53. The maximum Gasteiger partial charge on any atom is 0.275 e. The molecule has 1 aliphatic carbocycles. The average molecular weight is 366 g/mol. The van der Waals surface area contributed by atoms with Gasteiger partial charge in [0.1, 0.15) is 5.76 Å². The Morgan fingerprint density at radius 1 is 1.46 bits per heavy atom. The van der Waals surface area contributed by atoms with Crippen molar-refractivity contribution in [1.82, 2.24) is 14.8 Å². The summed E-state index contributed by atoms with van der Waals surface area (Å²) in [6.45, 7) is 0.681. The molecule has 2 bridgehead atoms. The molecule has 5 rings (SSSR count). The fraction of sp³-hybridized carbons (Fsp3) is 0.438. The van der Waals surface area contributed by atoms with E-state index in [-0.39, 0.29) is 23.8 Å². The molecule has 8 heteroatoms. The molecule has 2 aromatic rings. The third kappa shape index (κ3) is 2.26. The molecular weight excluding hydrogens is 350 g/mol. The van der Waals surface area contributed by atoms with Crippen LogP contribution in [0.3, 0.4) is 0 Å². The van der Waals surface area contributed by atoms with E-state index in [0.717, 1.165) is 6.42 Å². The number of rotatable bonds is 3. The van der Waals surface area contributed by atoms with Crippen LogP contribution in [0, 0.1) is 5.92 Å². The van der Waals surface area contributed by atoms with Crippen LogP contribution >= 0.6 is 22.9 Å². The van der Waals surface area contributed by atoms with Crippen LogP contribution in [0.2, 0.25) is 5.02 Å².